The van der Waals surface area contributed by atoms with Crippen LogP contribution in [0.2, 0.25) is 0 Å². The highest BCUT2D eigenvalue weighted by molar-refractivity contribution is 6.20. The van der Waals surface area contributed by atoms with Gasteiger partial charge >= 0.3 is 0 Å². The van der Waals surface area contributed by atoms with Gasteiger partial charge in [0.1, 0.15) is 12.4 Å². The Balaban J connectivity index is 1.69. The first kappa shape index (κ1) is 13.4. The van der Waals surface area contributed by atoms with Crippen LogP contribution in [0.1, 0.15) is 6.42 Å². The normalized spacial score (nSPS) is 18.1. The van der Waals surface area contributed by atoms with E-state index in [0.717, 1.165) is 0 Å². The number of rotatable bonds is 4. The molecule has 2 amide bonds. The number of hydrogen-bond donors (Lipinski definition) is 0. The summed E-state index contributed by atoms with van der Waals surface area (Å²) in [5.41, 5.74) is 0.620. The Bertz CT molecular complexity index is 640. The number of benzene rings is 2. The fraction of sp³-hybridized carbons (Fsp3) is 0.176. The summed E-state index contributed by atoms with van der Waals surface area (Å²) in [4.78, 5) is 25.7. The summed E-state index contributed by atoms with van der Waals surface area (Å²) in [6.45, 7) is 0.220. The first-order valence-electron chi connectivity index (χ1n) is 6.85. The van der Waals surface area contributed by atoms with E-state index in [4.69, 9.17) is 4.74 Å². The van der Waals surface area contributed by atoms with Gasteiger partial charge in [0, 0.05) is 6.42 Å². The number of carbonyl (C=O) groups is 2. The molecule has 1 atom stereocenters. The average Bonchev–Trinajstić information content (AvgIpc) is 2.81. The second-order valence-corrected chi connectivity index (χ2v) is 4.93. The van der Waals surface area contributed by atoms with E-state index in [1.54, 1.807) is 12.1 Å². The number of carbonyl (C=O) groups excluding carboxylic acids is 2. The molecule has 0 radical (unpaired) electrons. The zero-order chi connectivity index (χ0) is 14.7. The van der Waals surface area contributed by atoms with Gasteiger partial charge in [-0.15, -0.1) is 0 Å². The Morgan fingerprint density at radius 2 is 1.57 bits per heavy atom. The van der Waals surface area contributed by atoms with Gasteiger partial charge in [0.15, 0.2) is 0 Å². The molecule has 2 aromatic rings. The standard InChI is InChI=1S/C17H15NO3/c19-16-11-13(12-21-15-9-5-2-6-10-15)17(20)18(16)14-7-3-1-4-8-14/h1-10,13H,11-12H2. The van der Waals surface area contributed by atoms with E-state index < -0.39 is 5.92 Å². The van der Waals surface area contributed by atoms with E-state index in [1.807, 2.05) is 48.5 Å². The molecule has 0 aromatic heterocycles. The summed E-state index contributed by atoms with van der Waals surface area (Å²) in [5.74, 6) is -0.0798. The highest BCUT2D eigenvalue weighted by atomic mass is 16.5. The minimum absolute atomic E-state index is 0.173. The van der Waals surface area contributed by atoms with E-state index in [1.165, 1.54) is 4.90 Å². The predicted octanol–water partition coefficient (Wildman–Crippen LogP) is 2.65. The first-order valence-corrected chi connectivity index (χ1v) is 6.85. The van der Waals surface area contributed by atoms with E-state index in [9.17, 15) is 9.59 Å². The van der Waals surface area contributed by atoms with Crippen LogP contribution in [0.15, 0.2) is 60.7 Å². The molecule has 1 fully saturated rings. The summed E-state index contributed by atoms with van der Waals surface area (Å²) in [7, 11) is 0. The van der Waals surface area contributed by atoms with Crippen molar-refractivity contribution in [2.75, 3.05) is 11.5 Å². The SMILES string of the molecule is O=C1CC(COc2ccccc2)C(=O)N1c1ccccc1. The Morgan fingerprint density at radius 1 is 0.952 bits per heavy atom. The van der Waals surface area contributed by atoms with Gasteiger partial charge in [-0.2, -0.15) is 0 Å². The van der Waals surface area contributed by atoms with Crippen molar-refractivity contribution in [3.63, 3.8) is 0 Å². The first-order chi connectivity index (χ1) is 10.3. The van der Waals surface area contributed by atoms with Crippen LogP contribution < -0.4 is 9.64 Å². The van der Waals surface area contributed by atoms with Crippen LogP contribution in [0.4, 0.5) is 5.69 Å². The highest BCUT2D eigenvalue weighted by Crippen LogP contribution is 2.26. The van der Waals surface area contributed by atoms with Crippen molar-refractivity contribution in [3.8, 4) is 5.75 Å². The highest BCUT2D eigenvalue weighted by Gasteiger charge is 2.39. The number of anilines is 1. The Labute approximate surface area is 123 Å². The molecule has 1 saturated heterocycles. The Kier molecular flexibility index (Phi) is 3.69. The molecule has 21 heavy (non-hydrogen) atoms. The smallest absolute Gasteiger partial charge is 0.240 e. The second kappa shape index (κ2) is 5.79. The lowest BCUT2D eigenvalue weighted by Crippen LogP contribution is -2.31. The number of hydrogen-bond acceptors (Lipinski definition) is 3. The summed E-state index contributed by atoms with van der Waals surface area (Å²) >= 11 is 0. The minimum atomic E-state index is -0.419. The average molecular weight is 281 g/mol. The van der Waals surface area contributed by atoms with Gasteiger partial charge in [-0.25, -0.2) is 0 Å². The van der Waals surface area contributed by atoms with Gasteiger partial charge in [0.2, 0.25) is 11.8 Å². The fourth-order valence-corrected chi connectivity index (χ4v) is 2.39. The monoisotopic (exact) mass is 281 g/mol. The van der Waals surface area contributed by atoms with Crippen LogP contribution in [0.3, 0.4) is 0 Å². The molecule has 2 aromatic carbocycles. The van der Waals surface area contributed by atoms with Crippen molar-refractivity contribution in [2.45, 2.75) is 6.42 Å². The van der Waals surface area contributed by atoms with Gasteiger partial charge < -0.3 is 4.74 Å². The van der Waals surface area contributed by atoms with Crippen LogP contribution in [0, 0.1) is 5.92 Å². The van der Waals surface area contributed by atoms with Crippen molar-refractivity contribution in [3.05, 3.63) is 60.7 Å². The van der Waals surface area contributed by atoms with Gasteiger partial charge in [-0.05, 0) is 24.3 Å². The van der Waals surface area contributed by atoms with Crippen molar-refractivity contribution in [1.82, 2.24) is 0 Å². The molecule has 3 rings (SSSR count). The molecule has 1 heterocycles. The second-order valence-electron chi connectivity index (χ2n) is 4.93. The van der Waals surface area contributed by atoms with Gasteiger partial charge in [-0.1, -0.05) is 36.4 Å². The van der Waals surface area contributed by atoms with Crippen LogP contribution in [-0.2, 0) is 9.59 Å². The zero-order valence-corrected chi connectivity index (χ0v) is 11.4. The molecule has 4 heteroatoms. The molecule has 0 bridgehead atoms. The lowest BCUT2D eigenvalue weighted by atomic mass is 10.1. The third-order valence-corrected chi connectivity index (χ3v) is 3.45. The molecule has 106 valence electrons. The number of imide groups is 1. The van der Waals surface area contributed by atoms with E-state index in [0.29, 0.717) is 11.4 Å². The van der Waals surface area contributed by atoms with Gasteiger partial charge in [-0.3, -0.25) is 14.5 Å². The van der Waals surface area contributed by atoms with Crippen LogP contribution in [-0.4, -0.2) is 18.4 Å². The molecule has 0 N–H and O–H groups in total. The summed E-state index contributed by atoms with van der Waals surface area (Å²) in [6.07, 6.45) is 0.195. The number of para-hydroxylation sites is 2. The van der Waals surface area contributed by atoms with Crippen molar-refractivity contribution >= 4 is 17.5 Å². The quantitative estimate of drug-likeness (QED) is 0.809. The van der Waals surface area contributed by atoms with Crippen molar-refractivity contribution in [2.24, 2.45) is 5.92 Å². The maximum absolute atomic E-state index is 12.4. The Hall–Kier alpha value is -2.62. The lowest BCUT2D eigenvalue weighted by molar-refractivity contribution is -0.122. The lowest BCUT2D eigenvalue weighted by Gasteiger charge is -2.15. The molecular weight excluding hydrogens is 266 g/mol. The van der Waals surface area contributed by atoms with Crippen LogP contribution in [0.5, 0.6) is 5.75 Å². The van der Waals surface area contributed by atoms with Crippen LogP contribution >= 0.6 is 0 Å². The van der Waals surface area contributed by atoms with E-state index in [-0.39, 0.29) is 24.8 Å². The van der Waals surface area contributed by atoms with Gasteiger partial charge in [0.25, 0.3) is 0 Å². The summed E-state index contributed by atoms with van der Waals surface area (Å²) in [6, 6.07) is 18.3. The fourth-order valence-electron chi connectivity index (χ4n) is 2.39. The molecular formula is C17H15NO3. The zero-order valence-electron chi connectivity index (χ0n) is 11.4. The van der Waals surface area contributed by atoms with Gasteiger partial charge in [0.05, 0.1) is 11.6 Å². The molecule has 1 aliphatic heterocycles. The van der Waals surface area contributed by atoms with Crippen molar-refractivity contribution < 1.29 is 14.3 Å². The molecule has 1 unspecified atom stereocenters. The number of ether oxygens (including phenoxy) is 1. The minimum Gasteiger partial charge on any atom is -0.493 e. The summed E-state index contributed by atoms with van der Waals surface area (Å²) in [5, 5.41) is 0. The van der Waals surface area contributed by atoms with E-state index in [2.05, 4.69) is 0 Å². The largest absolute Gasteiger partial charge is 0.493 e. The predicted molar refractivity (Wildman–Crippen MR) is 79.0 cm³/mol. The third kappa shape index (κ3) is 2.79. The van der Waals surface area contributed by atoms with Crippen LogP contribution in [0.25, 0.3) is 0 Å². The van der Waals surface area contributed by atoms with Crippen molar-refractivity contribution in [1.29, 1.82) is 0 Å². The Morgan fingerprint density at radius 3 is 2.24 bits per heavy atom. The number of nitrogens with zero attached hydrogens (tertiary/aromatic N) is 1. The third-order valence-electron chi connectivity index (χ3n) is 3.45. The maximum atomic E-state index is 12.4. The summed E-state index contributed by atoms with van der Waals surface area (Å²) < 4.78 is 5.59. The molecule has 1 aliphatic rings. The molecule has 4 nitrogen and oxygen atoms in total. The molecule has 0 aliphatic carbocycles. The topological polar surface area (TPSA) is 46.6 Å². The molecule has 0 spiro atoms. The molecule has 0 saturated carbocycles. The number of amides is 2. The maximum Gasteiger partial charge on any atom is 0.240 e. The van der Waals surface area contributed by atoms with E-state index >= 15 is 0 Å².